The first-order valence-corrected chi connectivity index (χ1v) is 7.61. The molecule has 2 N–H and O–H groups in total. The van der Waals surface area contributed by atoms with Gasteiger partial charge in [-0.15, -0.1) is 0 Å². The second kappa shape index (κ2) is 6.50. The number of nitrogens with zero attached hydrogens (tertiary/aromatic N) is 2. The number of halogens is 2. The van der Waals surface area contributed by atoms with Crippen LogP contribution in [0.5, 0.6) is 11.5 Å². The summed E-state index contributed by atoms with van der Waals surface area (Å²) in [6, 6.07) is 5.16. The van der Waals surface area contributed by atoms with Gasteiger partial charge in [-0.05, 0) is 12.1 Å². The van der Waals surface area contributed by atoms with Crippen molar-refractivity contribution in [2.75, 3.05) is 0 Å². The molecule has 0 radical (unpaired) electrons. The first-order valence-electron chi connectivity index (χ1n) is 6.02. The van der Waals surface area contributed by atoms with E-state index in [-0.39, 0.29) is 17.5 Å². The summed E-state index contributed by atoms with van der Waals surface area (Å²) in [5, 5.41) is 41.8. The van der Waals surface area contributed by atoms with Crippen molar-refractivity contribution in [3.63, 3.8) is 0 Å². The molecule has 2 rings (SSSR count). The number of rotatable bonds is 4. The maximum Gasteiger partial charge on any atom is 0.312 e. The normalized spacial score (nSPS) is 10.5. The summed E-state index contributed by atoms with van der Waals surface area (Å²) in [6.07, 6.45) is -0.127. The van der Waals surface area contributed by atoms with Crippen LogP contribution >= 0.6 is 31.9 Å². The van der Waals surface area contributed by atoms with E-state index in [1.807, 2.05) is 0 Å². The van der Waals surface area contributed by atoms with E-state index in [9.17, 15) is 30.4 Å². The van der Waals surface area contributed by atoms with Gasteiger partial charge in [0.05, 0.1) is 9.85 Å². The fourth-order valence-corrected chi connectivity index (χ4v) is 3.02. The molecule has 0 atom stereocenters. The average molecular weight is 448 g/mol. The lowest BCUT2D eigenvalue weighted by molar-refractivity contribution is -0.386. The molecule has 0 heterocycles. The summed E-state index contributed by atoms with van der Waals surface area (Å²) >= 11 is 6.21. The van der Waals surface area contributed by atoms with E-state index < -0.39 is 32.7 Å². The predicted molar refractivity (Wildman–Crippen MR) is 87.7 cm³/mol. The monoisotopic (exact) mass is 446 g/mol. The van der Waals surface area contributed by atoms with Crippen molar-refractivity contribution < 1.29 is 20.1 Å². The van der Waals surface area contributed by atoms with Gasteiger partial charge in [0.15, 0.2) is 11.5 Å². The molecule has 0 bridgehead atoms. The SMILES string of the molecule is O=[N+]([O-])c1cc(Br)cc(Cc2cc(Br)cc([N+](=O)[O-])c2O)c1O. The fraction of sp³-hybridized carbons (Fsp3) is 0.0769. The van der Waals surface area contributed by atoms with Crippen LogP contribution in [0.25, 0.3) is 0 Å². The minimum atomic E-state index is -0.743. The van der Waals surface area contributed by atoms with Crippen molar-refractivity contribution in [2.24, 2.45) is 0 Å². The molecule has 10 heteroatoms. The van der Waals surface area contributed by atoms with Gasteiger partial charge in [0.1, 0.15) is 0 Å². The van der Waals surface area contributed by atoms with Gasteiger partial charge < -0.3 is 10.2 Å². The Morgan fingerprint density at radius 2 is 1.17 bits per heavy atom. The number of nitro groups is 2. The second-order valence-electron chi connectivity index (χ2n) is 4.56. The van der Waals surface area contributed by atoms with E-state index in [2.05, 4.69) is 31.9 Å². The Labute approximate surface area is 145 Å². The number of hydrogen-bond acceptors (Lipinski definition) is 6. The standard InChI is InChI=1S/C13H8Br2N2O6/c14-8-2-6(12(18)10(4-8)16(20)21)1-7-3-9(15)5-11(13(7)19)17(22)23/h2-5,18-19H,1H2. The van der Waals surface area contributed by atoms with Crippen molar-refractivity contribution >= 4 is 43.2 Å². The van der Waals surface area contributed by atoms with Crippen LogP contribution in [0, 0.1) is 20.2 Å². The highest BCUT2D eigenvalue weighted by Gasteiger charge is 2.23. The molecule has 120 valence electrons. The van der Waals surface area contributed by atoms with E-state index in [0.717, 1.165) is 12.1 Å². The minimum Gasteiger partial charge on any atom is -0.502 e. The molecule has 0 aliphatic rings. The lowest BCUT2D eigenvalue weighted by atomic mass is 10.0. The van der Waals surface area contributed by atoms with E-state index >= 15 is 0 Å². The molecule has 0 saturated heterocycles. The number of phenols is 2. The van der Waals surface area contributed by atoms with Crippen LogP contribution in [0.2, 0.25) is 0 Å². The third kappa shape index (κ3) is 3.59. The van der Waals surface area contributed by atoms with E-state index in [0.29, 0.717) is 8.95 Å². The molecule has 2 aromatic rings. The topological polar surface area (TPSA) is 127 Å². The predicted octanol–water partition coefficient (Wildman–Crippen LogP) is 4.03. The Bertz CT molecular complexity index is 757. The van der Waals surface area contributed by atoms with Gasteiger partial charge in [0.25, 0.3) is 0 Å². The Balaban J connectivity index is 2.56. The molecule has 0 aliphatic heterocycles. The number of benzene rings is 2. The average Bonchev–Trinajstić information content (AvgIpc) is 2.45. The fourth-order valence-electron chi connectivity index (χ4n) is 2.03. The molecule has 0 fully saturated rings. The van der Waals surface area contributed by atoms with Crippen LogP contribution in [-0.4, -0.2) is 20.1 Å². The summed E-state index contributed by atoms with van der Waals surface area (Å²) in [6.45, 7) is 0. The van der Waals surface area contributed by atoms with Crippen LogP contribution in [0.15, 0.2) is 33.2 Å². The molecular formula is C13H8Br2N2O6. The highest BCUT2D eigenvalue weighted by molar-refractivity contribution is 9.10. The van der Waals surface area contributed by atoms with Crippen LogP contribution in [-0.2, 0) is 6.42 Å². The summed E-state index contributed by atoms with van der Waals surface area (Å²) in [4.78, 5) is 20.4. The van der Waals surface area contributed by atoms with Crippen molar-refractivity contribution in [3.05, 3.63) is 64.6 Å². The molecule has 2 aromatic carbocycles. The number of nitro benzene ring substituents is 2. The van der Waals surface area contributed by atoms with Gasteiger partial charge in [-0.25, -0.2) is 0 Å². The first kappa shape index (κ1) is 17.2. The maximum atomic E-state index is 10.9. The molecular weight excluding hydrogens is 440 g/mol. The molecule has 0 aromatic heterocycles. The van der Waals surface area contributed by atoms with Crippen molar-refractivity contribution in [3.8, 4) is 11.5 Å². The molecule has 0 amide bonds. The number of hydrogen-bond donors (Lipinski definition) is 2. The highest BCUT2D eigenvalue weighted by atomic mass is 79.9. The van der Waals surface area contributed by atoms with Gasteiger partial charge >= 0.3 is 11.4 Å². The van der Waals surface area contributed by atoms with Crippen molar-refractivity contribution in [1.29, 1.82) is 0 Å². The maximum absolute atomic E-state index is 10.9. The number of phenolic OH excluding ortho intramolecular Hbond substituents is 2. The minimum absolute atomic E-state index is 0.127. The van der Waals surface area contributed by atoms with Gasteiger partial charge in [-0.3, -0.25) is 20.2 Å². The Morgan fingerprint density at radius 3 is 1.48 bits per heavy atom. The lowest BCUT2D eigenvalue weighted by Crippen LogP contribution is -1.97. The molecule has 8 nitrogen and oxygen atoms in total. The zero-order valence-electron chi connectivity index (χ0n) is 11.2. The third-order valence-electron chi connectivity index (χ3n) is 3.04. The third-order valence-corrected chi connectivity index (χ3v) is 3.96. The molecule has 0 spiro atoms. The van der Waals surface area contributed by atoms with Gasteiger partial charge in [0, 0.05) is 38.6 Å². The highest BCUT2D eigenvalue weighted by Crippen LogP contribution is 2.39. The quantitative estimate of drug-likeness (QED) is 0.538. The van der Waals surface area contributed by atoms with Gasteiger partial charge in [-0.1, -0.05) is 31.9 Å². The van der Waals surface area contributed by atoms with Gasteiger partial charge in [0.2, 0.25) is 0 Å². The van der Waals surface area contributed by atoms with Crippen LogP contribution in [0.3, 0.4) is 0 Å². The second-order valence-corrected chi connectivity index (χ2v) is 6.39. The molecule has 0 unspecified atom stereocenters. The Morgan fingerprint density at radius 1 is 0.826 bits per heavy atom. The van der Waals surface area contributed by atoms with E-state index in [1.54, 1.807) is 0 Å². The Hall–Kier alpha value is -2.20. The van der Waals surface area contributed by atoms with Crippen LogP contribution in [0.1, 0.15) is 11.1 Å². The molecule has 0 aliphatic carbocycles. The van der Waals surface area contributed by atoms with Crippen molar-refractivity contribution in [2.45, 2.75) is 6.42 Å². The molecule has 0 saturated carbocycles. The van der Waals surface area contributed by atoms with Crippen LogP contribution < -0.4 is 0 Å². The van der Waals surface area contributed by atoms with E-state index in [1.165, 1.54) is 12.1 Å². The van der Waals surface area contributed by atoms with Gasteiger partial charge in [-0.2, -0.15) is 0 Å². The zero-order valence-corrected chi connectivity index (χ0v) is 14.4. The smallest absolute Gasteiger partial charge is 0.312 e. The number of aromatic hydroxyl groups is 2. The summed E-state index contributed by atoms with van der Waals surface area (Å²) < 4.78 is 0.724. The summed E-state index contributed by atoms with van der Waals surface area (Å²) in [7, 11) is 0. The lowest BCUT2D eigenvalue weighted by Gasteiger charge is -2.09. The van der Waals surface area contributed by atoms with E-state index in [4.69, 9.17) is 0 Å². The molecule has 23 heavy (non-hydrogen) atoms. The summed E-state index contributed by atoms with van der Waals surface area (Å²) in [5.74, 6) is -1.11. The summed E-state index contributed by atoms with van der Waals surface area (Å²) in [5.41, 5.74) is -0.709. The van der Waals surface area contributed by atoms with Crippen molar-refractivity contribution in [1.82, 2.24) is 0 Å². The zero-order chi connectivity index (χ0) is 17.3. The van der Waals surface area contributed by atoms with Crippen LogP contribution in [0.4, 0.5) is 11.4 Å². The Kier molecular flexibility index (Phi) is 4.85. The largest absolute Gasteiger partial charge is 0.502 e. The first-order chi connectivity index (χ1) is 10.7.